The summed E-state index contributed by atoms with van der Waals surface area (Å²) in [5.74, 6) is 0.868. The van der Waals surface area contributed by atoms with E-state index in [0.717, 1.165) is 0 Å². The van der Waals surface area contributed by atoms with Crippen LogP contribution in [0.25, 0.3) is 11.5 Å². The maximum absolute atomic E-state index is 13.0. The molecule has 0 radical (unpaired) electrons. The first kappa shape index (κ1) is 25.0. The first-order valence-corrected chi connectivity index (χ1v) is 11.0. The SMILES string of the molecule is COc1ccc(-c2nnc(NC(=O)c3ccccc3NC(=O)c3cc(OC)c(OC)c(OC)c3)o2)cc1. The Morgan fingerprint density at radius 1 is 0.757 bits per heavy atom. The van der Waals surface area contributed by atoms with E-state index < -0.39 is 11.8 Å². The Morgan fingerprint density at radius 2 is 1.43 bits per heavy atom. The number of methoxy groups -OCH3 is 4. The molecule has 4 rings (SSSR count). The third-order valence-corrected chi connectivity index (χ3v) is 5.33. The minimum absolute atomic E-state index is 0.0958. The number of para-hydroxylation sites is 1. The quantitative estimate of drug-likeness (QED) is 0.343. The van der Waals surface area contributed by atoms with E-state index in [1.54, 1.807) is 55.6 Å². The molecule has 0 saturated carbocycles. The lowest BCUT2D eigenvalue weighted by molar-refractivity contribution is 0.102. The second-order valence-electron chi connectivity index (χ2n) is 7.51. The predicted octanol–water partition coefficient (Wildman–Crippen LogP) is 4.28. The van der Waals surface area contributed by atoms with E-state index in [9.17, 15) is 9.59 Å². The van der Waals surface area contributed by atoms with Crippen molar-refractivity contribution < 1.29 is 33.0 Å². The molecule has 1 aromatic heterocycles. The van der Waals surface area contributed by atoms with Crippen LogP contribution in [0.3, 0.4) is 0 Å². The van der Waals surface area contributed by atoms with Crippen molar-refractivity contribution in [2.45, 2.75) is 0 Å². The van der Waals surface area contributed by atoms with E-state index in [4.69, 9.17) is 23.4 Å². The van der Waals surface area contributed by atoms with Gasteiger partial charge in [-0.1, -0.05) is 17.2 Å². The molecule has 0 unspecified atom stereocenters. The molecular formula is C26H24N4O7. The fraction of sp³-hybridized carbons (Fsp3) is 0.154. The van der Waals surface area contributed by atoms with Crippen LogP contribution in [0.4, 0.5) is 11.7 Å². The van der Waals surface area contributed by atoms with Crippen LogP contribution < -0.4 is 29.6 Å². The minimum atomic E-state index is -0.550. The summed E-state index contributed by atoms with van der Waals surface area (Å²) in [6.45, 7) is 0. The zero-order chi connectivity index (χ0) is 26.4. The van der Waals surface area contributed by atoms with Gasteiger partial charge in [0.1, 0.15) is 5.75 Å². The molecule has 2 amide bonds. The molecular weight excluding hydrogens is 480 g/mol. The Morgan fingerprint density at radius 3 is 2.05 bits per heavy atom. The molecule has 4 aromatic rings. The molecule has 0 fully saturated rings. The molecule has 11 heteroatoms. The highest BCUT2D eigenvalue weighted by atomic mass is 16.5. The molecule has 11 nitrogen and oxygen atoms in total. The summed E-state index contributed by atoms with van der Waals surface area (Å²) in [6, 6.07) is 16.5. The summed E-state index contributed by atoms with van der Waals surface area (Å²) in [5.41, 5.74) is 1.36. The lowest BCUT2D eigenvalue weighted by atomic mass is 10.1. The van der Waals surface area contributed by atoms with Gasteiger partial charge in [-0.25, -0.2) is 0 Å². The average Bonchev–Trinajstić information content (AvgIpc) is 3.40. The summed E-state index contributed by atoms with van der Waals surface area (Å²) in [7, 11) is 5.95. The molecule has 0 aliphatic carbocycles. The Labute approximate surface area is 212 Å². The van der Waals surface area contributed by atoms with Crippen molar-refractivity contribution in [3.05, 3.63) is 71.8 Å². The van der Waals surface area contributed by atoms with Crippen LogP contribution in [0.1, 0.15) is 20.7 Å². The number of amides is 2. The van der Waals surface area contributed by atoms with Crippen LogP contribution in [0, 0.1) is 0 Å². The van der Waals surface area contributed by atoms with Crippen LogP contribution in [-0.2, 0) is 0 Å². The Bertz CT molecular complexity index is 1390. The summed E-state index contributed by atoms with van der Waals surface area (Å²) in [5, 5.41) is 13.2. The maximum atomic E-state index is 13.0. The van der Waals surface area contributed by atoms with Gasteiger partial charge in [-0.05, 0) is 48.5 Å². The molecule has 0 spiro atoms. The number of anilines is 2. The number of carbonyl (C=O) groups excluding carboxylic acids is 2. The Balaban J connectivity index is 1.52. The first-order valence-electron chi connectivity index (χ1n) is 11.0. The van der Waals surface area contributed by atoms with Crippen LogP contribution in [0.15, 0.2) is 65.1 Å². The van der Waals surface area contributed by atoms with E-state index in [1.807, 2.05) is 0 Å². The van der Waals surface area contributed by atoms with Gasteiger partial charge in [0.25, 0.3) is 11.8 Å². The lowest BCUT2D eigenvalue weighted by Crippen LogP contribution is -2.18. The number of carbonyl (C=O) groups is 2. The molecule has 0 saturated heterocycles. The number of aromatic nitrogens is 2. The van der Waals surface area contributed by atoms with Gasteiger partial charge in [0.15, 0.2) is 11.5 Å². The average molecular weight is 504 g/mol. The highest BCUT2D eigenvalue weighted by Gasteiger charge is 2.20. The topological polar surface area (TPSA) is 134 Å². The normalized spacial score (nSPS) is 10.4. The predicted molar refractivity (Wildman–Crippen MR) is 135 cm³/mol. The van der Waals surface area contributed by atoms with Crippen LogP contribution in [0.5, 0.6) is 23.0 Å². The third kappa shape index (κ3) is 5.45. The molecule has 0 aliphatic rings. The van der Waals surface area contributed by atoms with Crippen molar-refractivity contribution in [2.75, 3.05) is 39.1 Å². The van der Waals surface area contributed by atoms with Crippen molar-refractivity contribution in [1.82, 2.24) is 10.2 Å². The van der Waals surface area contributed by atoms with E-state index in [-0.39, 0.29) is 28.7 Å². The molecule has 1 heterocycles. The van der Waals surface area contributed by atoms with Crippen molar-refractivity contribution in [3.63, 3.8) is 0 Å². The molecule has 0 bridgehead atoms. The van der Waals surface area contributed by atoms with E-state index in [0.29, 0.717) is 28.6 Å². The van der Waals surface area contributed by atoms with Crippen molar-refractivity contribution in [2.24, 2.45) is 0 Å². The van der Waals surface area contributed by atoms with E-state index in [2.05, 4.69) is 20.8 Å². The fourth-order valence-corrected chi connectivity index (χ4v) is 3.49. The molecule has 0 aliphatic heterocycles. The van der Waals surface area contributed by atoms with Crippen LogP contribution >= 0.6 is 0 Å². The highest BCUT2D eigenvalue weighted by Crippen LogP contribution is 2.38. The van der Waals surface area contributed by atoms with Crippen molar-refractivity contribution >= 4 is 23.5 Å². The van der Waals surface area contributed by atoms with Gasteiger partial charge in [-0.2, -0.15) is 0 Å². The van der Waals surface area contributed by atoms with E-state index in [1.165, 1.54) is 33.5 Å². The summed E-state index contributed by atoms with van der Waals surface area (Å²) >= 11 is 0. The lowest BCUT2D eigenvalue weighted by Gasteiger charge is -2.15. The number of benzene rings is 3. The second-order valence-corrected chi connectivity index (χ2v) is 7.51. The van der Waals surface area contributed by atoms with Gasteiger partial charge in [0.05, 0.1) is 39.7 Å². The van der Waals surface area contributed by atoms with Crippen molar-refractivity contribution in [3.8, 4) is 34.5 Å². The zero-order valence-electron chi connectivity index (χ0n) is 20.5. The van der Waals surface area contributed by atoms with Gasteiger partial charge in [0, 0.05) is 11.1 Å². The Hall–Kier alpha value is -5.06. The van der Waals surface area contributed by atoms with Crippen molar-refractivity contribution in [1.29, 1.82) is 0 Å². The number of hydrogen-bond donors (Lipinski definition) is 2. The van der Waals surface area contributed by atoms with Gasteiger partial charge in [-0.15, -0.1) is 5.10 Å². The third-order valence-electron chi connectivity index (χ3n) is 5.33. The van der Waals surface area contributed by atoms with Gasteiger partial charge >= 0.3 is 6.01 Å². The zero-order valence-corrected chi connectivity index (χ0v) is 20.5. The molecule has 2 N–H and O–H groups in total. The van der Waals surface area contributed by atoms with Crippen LogP contribution in [-0.4, -0.2) is 50.5 Å². The largest absolute Gasteiger partial charge is 0.497 e. The van der Waals surface area contributed by atoms with Crippen LogP contribution in [0.2, 0.25) is 0 Å². The van der Waals surface area contributed by atoms with E-state index >= 15 is 0 Å². The van der Waals surface area contributed by atoms with Gasteiger partial charge in [0.2, 0.25) is 11.6 Å². The van der Waals surface area contributed by atoms with Gasteiger partial charge < -0.3 is 28.7 Å². The first-order chi connectivity index (χ1) is 18.0. The summed E-state index contributed by atoms with van der Waals surface area (Å²) < 4.78 is 26.6. The maximum Gasteiger partial charge on any atom is 0.322 e. The highest BCUT2D eigenvalue weighted by molar-refractivity contribution is 6.12. The molecule has 0 atom stereocenters. The summed E-state index contributed by atoms with van der Waals surface area (Å²) in [4.78, 5) is 26.0. The number of ether oxygens (including phenoxy) is 4. The number of nitrogens with zero attached hydrogens (tertiary/aromatic N) is 2. The molecule has 190 valence electrons. The number of nitrogens with one attached hydrogen (secondary N) is 2. The standard InChI is InChI=1S/C26H24N4O7/c1-33-17-11-9-15(10-12-17)25-29-30-26(37-25)28-24(32)18-7-5-6-8-19(18)27-23(31)16-13-20(34-2)22(36-4)21(14-16)35-3/h5-14H,1-4H3,(H,27,31)(H,28,30,32). The second kappa shape index (κ2) is 11.1. The summed E-state index contributed by atoms with van der Waals surface area (Å²) in [6.07, 6.45) is 0. The fourth-order valence-electron chi connectivity index (χ4n) is 3.49. The van der Waals surface area contributed by atoms with Gasteiger partial charge in [-0.3, -0.25) is 14.9 Å². The smallest absolute Gasteiger partial charge is 0.322 e. The molecule has 3 aromatic carbocycles. The monoisotopic (exact) mass is 504 g/mol. The minimum Gasteiger partial charge on any atom is -0.497 e. The number of rotatable bonds is 9. The number of hydrogen-bond acceptors (Lipinski definition) is 9. The Kier molecular flexibility index (Phi) is 7.53. The molecule has 37 heavy (non-hydrogen) atoms.